The fraction of sp³-hybridized carbons (Fsp3) is 0.452. The summed E-state index contributed by atoms with van der Waals surface area (Å²) in [5.41, 5.74) is 1.76. The molecular formula is C31H34N2O5. The Labute approximate surface area is 222 Å². The zero-order valence-corrected chi connectivity index (χ0v) is 22.0. The Bertz CT molecular complexity index is 1420. The summed E-state index contributed by atoms with van der Waals surface area (Å²) in [5, 5.41) is 3.79. The second kappa shape index (κ2) is 9.61. The van der Waals surface area contributed by atoms with E-state index in [0.717, 1.165) is 48.3 Å². The van der Waals surface area contributed by atoms with Gasteiger partial charge in [-0.05, 0) is 97.6 Å². The Morgan fingerprint density at radius 2 is 1.63 bits per heavy atom. The van der Waals surface area contributed by atoms with Crippen LogP contribution in [-0.4, -0.2) is 30.7 Å². The van der Waals surface area contributed by atoms with Gasteiger partial charge in [0.05, 0.1) is 32.0 Å². The molecular weight excluding hydrogens is 480 g/mol. The Morgan fingerprint density at radius 3 is 2.24 bits per heavy atom. The van der Waals surface area contributed by atoms with Crippen LogP contribution in [0.3, 0.4) is 0 Å². The SMILES string of the molecule is COC(=O)c1cc2c(NC(=O)CC34CC5CC(CC(C5)C3)C4)cccc2n(Cc2ccc(OC)cc2)c1=O. The number of hydrogen-bond acceptors (Lipinski definition) is 5. The molecule has 4 fully saturated rings. The molecule has 4 aliphatic rings. The van der Waals surface area contributed by atoms with Gasteiger partial charge in [-0.1, -0.05) is 18.2 Å². The second-order valence-electron chi connectivity index (χ2n) is 11.7. The maximum Gasteiger partial charge on any atom is 0.343 e. The lowest BCUT2D eigenvalue weighted by Gasteiger charge is -2.56. The van der Waals surface area contributed by atoms with E-state index in [4.69, 9.17) is 9.47 Å². The van der Waals surface area contributed by atoms with Crippen molar-refractivity contribution < 1.29 is 19.1 Å². The molecule has 0 aliphatic heterocycles. The van der Waals surface area contributed by atoms with Crippen LogP contribution in [0.4, 0.5) is 5.69 Å². The molecule has 0 unspecified atom stereocenters. The predicted octanol–water partition coefficient (Wildman–Crippen LogP) is 5.39. The van der Waals surface area contributed by atoms with Crippen molar-refractivity contribution in [1.82, 2.24) is 4.57 Å². The number of esters is 1. The minimum Gasteiger partial charge on any atom is -0.497 e. The van der Waals surface area contributed by atoms with Crippen LogP contribution in [0.1, 0.15) is 60.9 Å². The minimum absolute atomic E-state index is 0.00646. The average molecular weight is 515 g/mol. The van der Waals surface area contributed by atoms with E-state index in [1.165, 1.54) is 26.4 Å². The zero-order chi connectivity index (χ0) is 26.4. The van der Waals surface area contributed by atoms with E-state index < -0.39 is 11.5 Å². The Kier molecular flexibility index (Phi) is 6.25. The van der Waals surface area contributed by atoms with Gasteiger partial charge in [0, 0.05) is 11.8 Å². The number of hydrogen-bond donors (Lipinski definition) is 1. The maximum absolute atomic E-state index is 13.4. The smallest absolute Gasteiger partial charge is 0.343 e. The van der Waals surface area contributed by atoms with Crippen molar-refractivity contribution in [2.45, 2.75) is 51.5 Å². The summed E-state index contributed by atoms with van der Waals surface area (Å²) in [6, 6.07) is 14.5. The monoisotopic (exact) mass is 514 g/mol. The highest BCUT2D eigenvalue weighted by Crippen LogP contribution is 2.61. The van der Waals surface area contributed by atoms with E-state index >= 15 is 0 Å². The van der Waals surface area contributed by atoms with Gasteiger partial charge in [0.15, 0.2) is 0 Å². The number of benzene rings is 2. The molecule has 1 aromatic heterocycles. The molecule has 0 radical (unpaired) electrons. The van der Waals surface area contributed by atoms with Crippen LogP contribution in [0.2, 0.25) is 0 Å². The molecule has 0 spiro atoms. The fourth-order valence-corrected chi connectivity index (χ4v) is 7.88. The first-order chi connectivity index (χ1) is 18.4. The van der Waals surface area contributed by atoms with Crippen LogP contribution in [0.25, 0.3) is 10.9 Å². The van der Waals surface area contributed by atoms with E-state index in [2.05, 4.69) is 5.32 Å². The van der Waals surface area contributed by atoms with Crippen molar-refractivity contribution in [3.63, 3.8) is 0 Å². The topological polar surface area (TPSA) is 86.6 Å². The van der Waals surface area contributed by atoms with Crippen LogP contribution < -0.4 is 15.6 Å². The molecule has 3 aromatic rings. The van der Waals surface area contributed by atoms with Gasteiger partial charge in [-0.15, -0.1) is 0 Å². The molecule has 0 atom stereocenters. The molecule has 4 saturated carbocycles. The molecule has 1 N–H and O–H groups in total. The molecule has 38 heavy (non-hydrogen) atoms. The summed E-state index contributed by atoms with van der Waals surface area (Å²) >= 11 is 0. The lowest BCUT2D eigenvalue weighted by molar-refractivity contribution is -0.124. The average Bonchev–Trinajstić information content (AvgIpc) is 2.89. The van der Waals surface area contributed by atoms with E-state index in [1.807, 2.05) is 42.5 Å². The number of rotatable bonds is 7. The van der Waals surface area contributed by atoms with E-state index in [1.54, 1.807) is 17.7 Å². The Hall–Kier alpha value is -3.61. The lowest BCUT2D eigenvalue weighted by Crippen LogP contribution is -2.47. The number of fused-ring (bicyclic) bond motifs is 1. The highest BCUT2D eigenvalue weighted by atomic mass is 16.5. The van der Waals surface area contributed by atoms with Gasteiger partial charge in [-0.3, -0.25) is 9.59 Å². The van der Waals surface area contributed by atoms with Gasteiger partial charge >= 0.3 is 5.97 Å². The Balaban J connectivity index is 1.34. The van der Waals surface area contributed by atoms with Crippen LogP contribution in [0, 0.1) is 23.2 Å². The molecule has 7 nitrogen and oxygen atoms in total. The number of ether oxygens (including phenoxy) is 2. The molecule has 1 amide bonds. The third kappa shape index (κ3) is 4.48. The third-order valence-electron chi connectivity index (χ3n) is 9.02. The molecule has 4 aliphatic carbocycles. The maximum atomic E-state index is 13.4. The van der Waals surface area contributed by atoms with Crippen molar-refractivity contribution in [3.8, 4) is 5.75 Å². The second-order valence-corrected chi connectivity index (χ2v) is 11.7. The molecule has 0 saturated heterocycles. The highest BCUT2D eigenvalue weighted by Gasteiger charge is 2.51. The molecule has 7 heteroatoms. The lowest BCUT2D eigenvalue weighted by atomic mass is 9.49. The number of nitrogens with zero attached hydrogens (tertiary/aromatic N) is 1. The third-order valence-corrected chi connectivity index (χ3v) is 9.02. The first kappa shape index (κ1) is 24.7. The number of amides is 1. The van der Waals surface area contributed by atoms with Crippen LogP contribution in [0.5, 0.6) is 5.75 Å². The van der Waals surface area contributed by atoms with Crippen molar-refractivity contribution in [2.75, 3.05) is 19.5 Å². The number of pyridine rings is 1. The van der Waals surface area contributed by atoms with Crippen molar-refractivity contribution in [3.05, 3.63) is 70.0 Å². The van der Waals surface area contributed by atoms with Gasteiger partial charge in [0.25, 0.3) is 5.56 Å². The number of anilines is 1. The fourth-order valence-electron chi connectivity index (χ4n) is 7.88. The van der Waals surface area contributed by atoms with Gasteiger partial charge in [-0.2, -0.15) is 0 Å². The largest absolute Gasteiger partial charge is 0.497 e. The number of carbonyl (C=O) groups excluding carboxylic acids is 2. The van der Waals surface area contributed by atoms with E-state index in [9.17, 15) is 14.4 Å². The highest BCUT2D eigenvalue weighted by molar-refractivity contribution is 6.03. The number of nitrogens with one attached hydrogen (secondary N) is 1. The quantitative estimate of drug-likeness (QED) is 0.427. The molecule has 4 bridgehead atoms. The van der Waals surface area contributed by atoms with E-state index in [0.29, 0.717) is 23.0 Å². The molecule has 2 aromatic carbocycles. The van der Waals surface area contributed by atoms with E-state index in [-0.39, 0.29) is 23.4 Å². The van der Waals surface area contributed by atoms with Crippen LogP contribution in [-0.2, 0) is 16.1 Å². The molecule has 7 rings (SSSR count). The van der Waals surface area contributed by atoms with Crippen molar-refractivity contribution >= 4 is 28.5 Å². The summed E-state index contributed by atoms with van der Waals surface area (Å²) in [6.07, 6.45) is 8.04. The predicted molar refractivity (Wildman–Crippen MR) is 145 cm³/mol. The van der Waals surface area contributed by atoms with Crippen molar-refractivity contribution in [1.29, 1.82) is 0 Å². The summed E-state index contributed by atoms with van der Waals surface area (Å²) < 4.78 is 11.7. The normalized spacial score (nSPS) is 25.4. The number of carbonyl (C=O) groups is 2. The summed E-state index contributed by atoms with van der Waals surface area (Å²) in [4.78, 5) is 39.4. The van der Waals surface area contributed by atoms with Crippen LogP contribution in [0.15, 0.2) is 53.3 Å². The number of methoxy groups -OCH3 is 2. The number of aromatic nitrogens is 1. The molecule has 198 valence electrons. The summed E-state index contributed by atoms with van der Waals surface area (Å²) in [7, 11) is 2.87. The standard InChI is InChI=1S/C31H34N2O5/c1-37-23-8-6-19(7-9-23)18-33-27-5-3-4-26(24(27)13-25(29(33)35)30(36)38-2)32-28(34)17-31-14-20-10-21(15-31)12-22(11-20)16-31/h3-9,13,20-22H,10-12,14-18H2,1-2H3,(H,32,34). The molecule has 1 heterocycles. The minimum atomic E-state index is -0.699. The Morgan fingerprint density at radius 1 is 0.974 bits per heavy atom. The first-order valence-electron chi connectivity index (χ1n) is 13.5. The zero-order valence-electron chi connectivity index (χ0n) is 22.0. The van der Waals surface area contributed by atoms with Gasteiger partial charge in [-0.25, -0.2) is 4.79 Å². The van der Waals surface area contributed by atoms with Crippen molar-refractivity contribution in [2.24, 2.45) is 23.2 Å². The van der Waals surface area contributed by atoms with Gasteiger partial charge in [0.2, 0.25) is 5.91 Å². The summed E-state index contributed by atoms with van der Waals surface area (Å²) in [5.74, 6) is 2.37. The first-order valence-corrected chi connectivity index (χ1v) is 13.5. The van der Waals surface area contributed by atoms with Crippen LogP contribution >= 0.6 is 0 Å². The van der Waals surface area contributed by atoms with Gasteiger partial charge < -0.3 is 19.4 Å². The summed E-state index contributed by atoms with van der Waals surface area (Å²) in [6.45, 7) is 0.259. The van der Waals surface area contributed by atoms with Gasteiger partial charge in [0.1, 0.15) is 11.3 Å².